The molecule has 1 aromatic heterocycles. The number of aromatic nitrogens is 1. The number of para-hydroxylation sites is 1. The highest BCUT2D eigenvalue weighted by molar-refractivity contribution is 6.12. The van der Waals surface area contributed by atoms with Gasteiger partial charge >= 0.3 is 5.97 Å². The highest BCUT2D eigenvalue weighted by atomic mass is 19.1. The first-order chi connectivity index (χ1) is 19.9. The number of hydrogen-bond acceptors (Lipinski definition) is 4. The first kappa shape index (κ1) is 25.8. The van der Waals surface area contributed by atoms with Crippen LogP contribution in [0.15, 0.2) is 97.1 Å². The number of methoxy groups -OCH3 is 1. The fourth-order valence-electron chi connectivity index (χ4n) is 5.19. The van der Waals surface area contributed by atoms with Crippen molar-refractivity contribution in [3.05, 3.63) is 125 Å². The third-order valence-corrected chi connectivity index (χ3v) is 7.24. The van der Waals surface area contributed by atoms with Crippen LogP contribution in [0.25, 0.3) is 49.7 Å². The molecular formula is C34H21F2NO4. The minimum atomic E-state index is -0.619. The Labute approximate surface area is 233 Å². The van der Waals surface area contributed by atoms with Crippen LogP contribution in [-0.4, -0.2) is 30.2 Å². The Kier molecular flexibility index (Phi) is 6.47. The number of benzene rings is 5. The van der Waals surface area contributed by atoms with Crippen molar-refractivity contribution in [1.29, 1.82) is 0 Å². The third kappa shape index (κ3) is 4.37. The molecule has 1 heterocycles. The van der Waals surface area contributed by atoms with Gasteiger partial charge in [0.1, 0.15) is 11.6 Å². The summed E-state index contributed by atoms with van der Waals surface area (Å²) < 4.78 is 36.0. The van der Waals surface area contributed by atoms with Crippen molar-refractivity contribution >= 4 is 40.3 Å². The molecule has 0 saturated heterocycles. The molecule has 6 rings (SSSR count). The van der Waals surface area contributed by atoms with E-state index >= 15 is 0 Å². The molecule has 0 aliphatic rings. The predicted octanol–water partition coefficient (Wildman–Crippen LogP) is 7.81. The molecule has 0 unspecified atom stereocenters. The molecule has 7 heteroatoms. The Morgan fingerprint density at radius 1 is 0.659 bits per heavy atom. The monoisotopic (exact) mass is 545 g/mol. The molecule has 5 aromatic carbocycles. The van der Waals surface area contributed by atoms with Gasteiger partial charge in [-0.3, -0.25) is 9.59 Å². The van der Waals surface area contributed by atoms with E-state index in [9.17, 15) is 23.2 Å². The maximum atomic E-state index is 14.5. The molecule has 0 atom stereocenters. The summed E-state index contributed by atoms with van der Waals surface area (Å²) in [4.78, 5) is 35.1. The van der Waals surface area contributed by atoms with Gasteiger partial charge < -0.3 is 9.30 Å². The standard InChI is InChI=1S/C34H21F2NO4/c1-41-34(40)28-4-2-3-5-31(28)37-32-16-22(20-6-8-24(18-38)29(35)14-20)10-12-26(32)27-13-11-23(17-33(27)37)21-7-9-25(19-39)30(36)15-21/h2-19H,1H3. The molecule has 0 saturated carbocycles. The molecule has 0 N–H and O–H groups in total. The number of hydrogen-bond donors (Lipinski definition) is 0. The van der Waals surface area contributed by atoms with Crippen molar-refractivity contribution in [1.82, 2.24) is 4.57 Å². The van der Waals surface area contributed by atoms with Crippen LogP contribution in [0.5, 0.6) is 0 Å². The van der Waals surface area contributed by atoms with Gasteiger partial charge in [-0.05, 0) is 70.8 Å². The van der Waals surface area contributed by atoms with Crippen molar-refractivity contribution in [2.24, 2.45) is 0 Å². The van der Waals surface area contributed by atoms with Crippen LogP contribution in [0, 0.1) is 11.6 Å². The van der Waals surface area contributed by atoms with Crippen LogP contribution < -0.4 is 0 Å². The molecule has 0 radical (unpaired) electrons. The maximum absolute atomic E-state index is 14.5. The number of halogens is 2. The SMILES string of the molecule is COC(=O)c1ccccc1-n1c2cc(-c3ccc(C=O)c(F)c3)ccc2c2ccc(-c3ccc(C=O)c(F)c3)cc21. The molecule has 0 spiro atoms. The summed E-state index contributed by atoms with van der Waals surface area (Å²) in [6.45, 7) is 0. The fraction of sp³-hybridized carbons (Fsp3) is 0.0294. The van der Waals surface area contributed by atoms with Gasteiger partial charge in [0, 0.05) is 10.8 Å². The van der Waals surface area contributed by atoms with E-state index in [-0.39, 0.29) is 11.1 Å². The smallest absolute Gasteiger partial charge is 0.339 e. The van der Waals surface area contributed by atoms with Crippen molar-refractivity contribution < 1.29 is 27.9 Å². The van der Waals surface area contributed by atoms with Gasteiger partial charge in [0.25, 0.3) is 0 Å². The number of fused-ring (bicyclic) bond motifs is 3. The van der Waals surface area contributed by atoms with E-state index in [0.29, 0.717) is 46.1 Å². The number of aldehydes is 2. The van der Waals surface area contributed by atoms with Gasteiger partial charge in [-0.15, -0.1) is 0 Å². The Hall–Kier alpha value is -5.43. The van der Waals surface area contributed by atoms with Gasteiger partial charge in [0.05, 0.1) is 40.5 Å². The topological polar surface area (TPSA) is 65.4 Å². The summed E-state index contributed by atoms with van der Waals surface area (Å²) in [7, 11) is 1.32. The molecule has 0 aliphatic heterocycles. The van der Waals surface area contributed by atoms with Crippen LogP contribution in [0.3, 0.4) is 0 Å². The minimum Gasteiger partial charge on any atom is -0.465 e. The zero-order valence-electron chi connectivity index (χ0n) is 21.7. The summed E-state index contributed by atoms with van der Waals surface area (Å²) in [6.07, 6.45) is 0.944. The number of esters is 1. The summed E-state index contributed by atoms with van der Waals surface area (Å²) in [5, 5.41) is 1.75. The van der Waals surface area contributed by atoms with E-state index in [4.69, 9.17) is 4.74 Å². The summed E-state index contributed by atoms with van der Waals surface area (Å²) in [5.74, 6) is -1.75. The first-order valence-corrected chi connectivity index (χ1v) is 12.7. The van der Waals surface area contributed by atoms with E-state index in [0.717, 1.165) is 21.8 Å². The van der Waals surface area contributed by atoms with Crippen molar-refractivity contribution in [3.63, 3.8) is 0 Å². The predicted molar refractivity (Wildman–Crippen MR) is 154 cm³/mol. The Bertz CT molecular complexity index is 1910. The molecule has 41 heavy (non-hydrogen) atoms. The molecule has 200 valence electrons. The fourth-order valence-corrected chi connectivity index (χ4v) is 5.19. The third-order valence-electron chi connectivity index (χ3n) is 7.24. The van der Waals surface area contributed by atoms with Gasteiger partial charge in [0.15, 0.2) is 12.6 Å². The van der Waals surface area contributed by atoms with Gasteiger partial charge in [-0.1, -0.05) is 48.5 Å². The number of rotatable bonds is 6. The summed E-state index contributed by atoms with van der Waals surface area (Å²) >= 11 is 0. The molecule has 0 bridgehead atoms. The second kappa shape index (κ2) is 10.3. The lowest BCUT2D eigenvalue weighted by molar-refractivity contribution is 0.0600. The van der Waals surface area contributed by atoms with E-state index in [1.165, 1.54) is 31.4 Å². The highest BCUT2D eigenvalue weighted by Gasteiger charge is 2.20. The molecular weight excluding hydrogens is 524 g/mol. The van der Waals surface area contributed by atoms with Crippen LogP contribution in [0.4, 0.5) is 8.78 Å². The van der Waals surface area contributed by atoms with Crippen LogP contribution >= 0.6 is 0 Å². The van der Waals surface area contributed by atoms with E-state index in [1.54, 1.807) is 24.3 Å². The second-order valence-corrected chi connectivity index (χ2v) is 9.52. The lowest BCUT2D eigenvalue weighted by atomic mass is 10.0. The summed E-state index contributed by atoms with van der Waals surface area (Å²) in [5.41, 5.74) is 4.93. The number of carbonyl (C=O) groups excluding carboxylic acids is 3. The highest BCUT2D eigenvalue weighted by Crippen LogP contribution is 2.38. The Morgan fingerprint density at radius 2 is 1.12 bits per heavy atom. The lowest BCUT2D eigenvalue weighted by Crippen LogP contribution is -2.07. The first-order valence-electron chi connectivity index (χ1n) is 12.7. The molecule has 5 nitrogen and oxygen atoms in total. The zero-order valence-corrected chi connectivity index (χ0v) is 21.7. The minimum absolute atomic E-state index is 0.0268. The van der Waals surface area contributed by atoms with Gasteiger partial charge in [-0.2, -0.15) is 0 Å². The van der Waals surface area contributed by atoms with Gasteiger partial charge in [0.2, 0.25) is 0 Å². The lowest BCUT2D eigenvalue weighted by Gasteiger charge is -2.13. The van der Waals surface area contributed by atoms with Crippen molar-refractivity contribution in [3.8, 4) is 27.9 Å². The van der Waals surface area contributed by atoms with E-state index < -0.39 is 17.6 Å². The maximum Gasteiger partial charge on any atom is 0.339 e. The molecule has 0 amide bonds. The van der Waals surface area contributed by atoms with Crippen molar-refractivity contribution in [2.75, 3.05) is 7.11 Å². The van der Waals surface area contributed by atoms with E-state index in [2.05, 4.69) is 0 Å². The quantitative estimate of drug-likeness (QED) is 0.158. The molecule has 0 fully saturated rings. The zero-order chi connectivity index (χ0) is 28.7. The van der Waals surface area contributed by atoms with Crippen molar-refractivity contribution in [2.45, 2.75) is 0 Å². The average Bonchev–Trinajstić information content (AvgIpc) is 3.33. The molecule has 0 aliphatic carbocycles. The number of ether oxygens (including phenoxy) is 1. The Morgan fingerprint density at radius 3 is 1.59 bits per heavy atom. The van der Waals surface area contributed by atoms with Crippen LogP contribution in [0.2, 0.25) is 0 Å². The normalized spacial score (nSPS) is 11.1. The van der Waals surface area contributed by atoms with E-state index in [1.807, 2.05) is 53.1 Å². The largest absolute Gasteiger partial charge is 0.465 e. The number of carbonyl (C=O) groups is 3. The second-order valence-electron chi connectivity index (χ2n) is 9.52. The average molecular weight is 546 g/mol. The number of nitrogens with zero attached hydrogens (tertiary/aromatic N) is 1. The van der Waals surface area contributed by atoms with Crippen LogP contribution in [0.1, 0.15) is 31.1 Å². The summed E-state index contributed by atoms with van der Waals surface area (Å²) in [6, 6.07) is 27.3. The Balaban J connectivity index is 1.66. The molecule has 6 aromatic rings. The van der Waals surface area contributed by atoms with Crippen LogP contribution in [-0.2, 0) is 4.74 Å². The van der Waals surface area contributed by atoms with Gasteiger partial charge in [-0.25, -0.2) is 13.6 Å².